The number of ether oxygens (including phenoxy) is 1. The number of morpholine rings is 1. The summed E-state index contributed by atoms with van der Waals surface area (Å²) in [7, 11) is -3.20. The molecule has 208 valence electrons. The number of nitrogens with zero attached hydrogens (tertiary/aromatic N) is 7. The van der Waals surface area contributed by atoms with Crippen molar-refractivity contribution in [3.63, 3.8) is 0 Å². The lowest BCUT2D eigenvalue weighted by Crippen LogP contribution is -2.48. The predicted octanol–water partition coefficient (Wildman–Crippen LogP) is 1.79. The molecule has 3 aromatic heterocycles. The van der Waals surface area contributed by atoms with Crippen LogP contribution >= 0.6 is 0 Å². The van der Waals surface area contributed by atoms with Crippen LogP contribution in [0.1, 0.15) is 17.9 Å². The summed E-state index contributed by atoms with van der Waals surface area (Å²) in [5.41, 5.74) is 3.40. The van der Waals surface area contributed by atoms with Gasteiger partial charge in [-0.3, -0.25) is 5.10 Å². The van der Waals surface area contributed by atoms with Crippen molar-refractivity contribution in [1.82, 2.24) is 39.3 Å². The van der Waals surface area contributed by atoms with Gasteiger partial charge in [-0.1, -0.05) is 12.1 Å². The smallest absolute Gasteiger partial charge is 0.295 e. The molecule has 2 aliphatic rings. The van der Waals surface area contributed by atoms with Crippen LogP contribution in [-0.4, -0.2) is 113 Å². The van der Waals surface area contributed by atoms with Crippen molar-refractivity contribution in [2.75, 3.05) is 70.2 Å². The number of H-pyrrole nitrogens is 2. The van der Waals surface area contributed by atoms with Crippen molar-refractivity contribution in [3.05, 3.63) is 29.7 Å². The first-order chi connectivity index (χ1) is 18.8. The molecule has 2 fully saturated rings. The van der Waals surface area contributed by atoms with E-state index in [0.717, 1.165) is 11.1 Å². The molecule has 0 aliphatic carbocycles. The van der Waals surface area contributed by atoms with E-state index in [9.17, 15) is 17.2 Å². The van der Waals surface area contributed by atoms with Gasteiger partial charge in [0.1, 0.15) is 0 Å². The average molecular weight is 562 g/mol. The normalized spacial score (nSPS) is 18.1. The van der Waals surface area contributed by atoms with E-state index >= 15 is 0 Å². The van der Waals surface area contributed by atoms with Crippen LogP contribution in [-0.2, 0) is 21.2 Å². The van der Waals surface area contributed by atoms with Crippen molar-refractivity contribution < 1.29 is 21.9 Å². The van der Waals surface area contributed by atoms with Crippen LogP contribution in [0.4, 0.5) is 14.7 Å². The summed E-state index contributed by atoms with van der Waals surface area (Å²) in [6, 6.07) is 5.32. The summed E-state index contributed by atoms with van der Waals surface area (Å²) in [5.74, 6) is 0.106. The molecule has 15 heteroatoms. The Bertz CT molecular complexity index is 1590. The number of nitrogens with one attached hydrogen (secondary N) is 2. The molecule has 1 aromatic carbocycles. The first-order valence-electron chi connectivity index (χ1n) is 12.8. The summed E-state index contributed by atoms with van der Waals surface area (Å²) >= 11 is 0. The standard InChI is InChI=1S/C24H29F2N9O3S/c1-39(36,37)35-9-7-33(8-10-35)6-5-16-18-20(15-3-2-4-17-19(15)28-23(27-17)21(25)26)29-24(30-22(18)32-31-16)34-11-13-38-14-12-34/h2-4,21H,5-14H2,1H3,(H,27,28)(H,29,30,31,32). The molecule has 6 rings (SSSR count). The van der Waals surface area contributed by atoms with E-state index in [2.05, 4.69) is 25.1 Å². The van der Waals surface area contributed by atoms with E-state index in [1.165, 1.54) is 10.6 Å². The minimum absolute atomic E-state index is 0.392. The number of aromatic amines is 2. The van der Waals surface area contributed by atoms with Gasteiger partial charge in [0.05, 0.1) is 41.6 Å². The molecule has 39 heavy (non-hydrogen) atoms. The Morgan fingerprint density at radius 2 is 1.82 bits per heavy atom. The fourth-order valence-corrected chi connectivity index (χ4v) is 5.98. The van der Waals surface area contributed by atoms with Crippen LogP contribution in [0.25, 0.3) is 33.3 Å². The van der Waals surface area contributed by atoms with Crippen molar-refractivity contribution in [2.45, 2.75) is 12.8 Å². The molecule has 2 N–H and O–H groups in total. The second-order valence-electron chi connectivity index (χ2n) is 9.75. The molecule has 0 saturated carbocycles. The number of piperazine rings is 1. The Kier molecular flexibility index (Phi) is 6.91. The molecule has 2 aliphatic heterocycles. The first-order valence-corrected chi connectivity index (χ1v) is 14.6. The Hall–Kier alpha value is -3.27. The van der Waals surface area contributed by atoms with Crippen molar-refractivity contribution >= 4 is 38.0 Å². The summed E-state index contributed by atoms with van der Waals surface area (Å²) < 4.78 is 57.6. The molecule has 5 heterocycles. The maximum Gasteiger partial charge on any atom is 0.295 e. The van der Waals surface area contributed by atoms with Crippen molar-refractivity contribution in [2.24, 2.45) is 0 Å². The number of hydrogen-bond acceptors (Lipinski definition) is 9. The van der Waals surface area contributed by atoms with Crippen LogP contribution in [0.5, 0.6) is 0 Å². The van der Waals surface area contributed by atoms with E-state index in [4.69, 9.17) is 14.7 Å². The number of halogens is 2. The number of benzene rings is 1. The van der Waals surface area contributed by atoms with Gasteiger partial charge < -0.3 is 19.5 Å². The van der Waals surface area contributed by atoms with E-state index < -0.39 is 22.3 Å². The molecule has 0 spiro atoms. The Morgan fingerprint density at radius 3 is 2.54 bits per heavy atom. The topological polar surface area (TPSA) is 136 Å². The van der Waals surface area contributed by atoms with E-state index in [0.29, 0.717) is 99.3 Å². The second-order valence-corrected chi connectivity index (χ2v) is 11.7. The highest BCUT2D eigenvalue weighted by Gasteiger charge is 2.26. The zero-order valence-corrected chi connectivity index (χ0v) is 22.2. The van der Waals surface area contributed by atoms with Gasteiger partial charge in [0.2, 0.25) is 16.0 Å². The zero-order valence-electron chi connectivity index (χ0n) is 21.4. The molecular weight excluding hydrogens is 532 g/mol. The molecule has 0 amide bonds. The summed E-state index contributed by atoms with van der Waals surface area (Å²) in [4.78, 5) is 20.8. The summed E-state index contributed by atoms with van der Waals surface area (Å²) in [6.07, 6.45) is -0.898. The number of anilines is 1. The number of sulfonamides is 1. The Labute approximate surface area is 223 Å². The number of imidazole rings is 1. The molecule has 0 bridgehead atoms. The average Bonchev–Trinajstić information content (AvgIpc) is 3.56. The van der Waals surface area contributed by atoms with Gasteiger partial charge in [-0.25, -0.2) is 27.2 Å². The number of aromatic nitrogens is 6. The number of fused-ring (bicyclic) bond motifs is 2. The van der Waals surface area contributed by atoms with Crippen molar-refractivity contribution in [3.8, 4) is 11.3 Å². The fourth-order valence-electron chi connectivity index (χ4n) is 5.15. The van der Waals surface area contributed by atoms with Crippen LogP contribution in [0, 0.1) is 0 Å². The summed E-state index contributed by atoms with van der Waals surface area (Å²) in [5, 5.41) is 8.33. The highest BCUT2D eigenvalue weighted by atomic mass is 32.2. The van der Waals surface area contributed by atoms with Crippen molar-refractivity contribution in [1.29, 1.82) is 0 Å². The molecule has 0 radical (unpaired) electrons. The van der Waals surface area contributed by atoms with E-state index in [1.54, 1.807) is 12.1 Å². The first kappa shape index (κ1) is 26.0. The lowest BCUT2D eigenvalue weighted by Gasteiger charge is -2.33. The minimum Gasteiger partial charge on any atom is -0.378 e. The quantitative estimate of drug-likeness (QED) is 0.346. The lowest BCUT2D eigenvalue weighted by molar-refractivity contribution is 0.122. The van der Waals surface area contributed by atoms with Crippen LogP contribution in [0.15, 0.2) is 18.2 Å². The largest absolute Gasteiger partial charge is 0.378 e. The Balaban J connectivity index is 1.38. The van der Waals surface area contributed by atoms with Gasteiger partial charge in [0.25, 0.3) is 6.43 Å². The van der Waals surface area contributed by atoms with Gasteiger partial charge >= 0.3 is 0 Å². The van der Waals surface area contributed by atoms with Gasteiger partial charge in [0, 0.05) is 63.5 Å². The second kappa shape index (κ2) is 10.4. The van der Waals surface area contributed by atoms with Crippen LogP contribution in [0.2, 0.25) is 0 Å². The Morgan fingerprint density at radius 1 is 1.05 bits per heavy atom. The van der Waals surface area contributed by atoms with Crippen LogP contribution < -0.4 is 4.90 Å². The third-order valence-electron chi connectivity index (χ3n) is 7.24. The molecule has 0 unspecified atom stereocenters. The third-order valence-corrected chi connectivity index (χ3v) is 8.54. The van der Waals surface area contributed by atoms with Gasteiger partial charge in [-0.2, -0.15) is 14.4 Å². The molecule has 0 atom stereocenters. The van der Waals surface area contributed by atoms with Crippen LogP contribution in [0.3, 0.4) is 0 Å². The maximum absolute atomic E-state index is 13.5. The third kappa shape index (κ3) is 5.18. The van der Waals surface area contributed by atoms with Gasteiger partial charge in [-0.05, 0) is 6.07 Å². The minimum atomic E-state index is -3.20. The summed E-state index contributed by atoms with van der Waals surface area (Å²) in [6.45, 7) is 5.22. The lowest BCUT2D eigenvalue weighted by atomic mass is 10.0. The monoisotopic (exact) mass is 561 g/mol. The highest BCUT2D eigenvalue weighted by Crippen LogP contribution is 2.35. The fraction of sp³-hybridized carbons (Fsp3) is 0.500. The predicted molar refractivity (Wildman–Crippen MR) is 141 cm³/mol. The van der Waals surface area contributed by atoms with Gasteiger partial charge in [0.15, 0.2) is 11.5 Å². The number of para-hydroxylation sites is 1. The van der Waals surface area contributed by atoms with Gasteiger partial charge in [-0.15, -0.1) is 0 Å². The van der Waals surface area contributed by atoms with E-state index in [-0.39, 0.29) is 0 Å². The number of hydrogen-bond donors (Lipinski definition) is 2. The maximum atomic E-state index is 13.5. The molecule has 4 aromatic rings. The van der Waals surface area contributed by atoms with E-state index in [1.807, 2.05) is 11.0 Å². The molecular formula is C24H29F2N9O3S. The number of alkyl halides is 2. The highest BCUT2D eigenvalue weighted by molar-refractivity contribution is 7.88. The number of rotatable bonds is 7. The SMILES string of the molecule is CS(=O)(=O)N1CCN(CCc2[nH]nc3nc(N4CCOCC4)nc(-c4cccc5[nH]c(C(F)F)nc45)c23)CC1. The molecule has 2 saturated heterocycles. The molecule has 12 nitrogen and oxygen atoms in total. The zero-order chi connectivity index (χ0) is 27.1.